The van der Waals surface area contributed by atoms with E-state index in [-0.39, 0.29) is 11.0 Å². The van der Waals surface area contributed by atoms with Crippen molar-refractivity contribution in [2.24, 2.45) is 0 Å². The van der Waals surface area contributed by atoms with Gasteiger partial charge in [0.2, 0.25) is 5.82 Å². The van der Waals surface area contributed by atoms with E-state index in [9.17, 15) is 13.2 Å². The molecule has 0 fully saturated rings. The number of nitrogens with zero attached hydrogens (tertiary/aromatic N) is 4. The lowest BCUT2D eigenvalue weighted by Crippen LogP contribution is -2.13. The summed E-state index contributed by atoms with van der Waals surface area (Å²) in [7, 11) is 0. The molecule has 0 saturated heterocycles. The van der Waals surface area contributed by atoms with Gasteiger partial charge in [-0.05, 0) is 13.0 Å². The molecule has 0 atom stereocenters. The lowest BCUT2D eigenvalue weighted by molar-refractivity contribution is -0.145. The Morgan fingerprint density at radius 3 is 2.53 bits per heavy atom. The molecule has 8 heteroatoms. The first-order chi connectivity index (χ1) is 7.86. The molecule has 0 saturated carbocycles. The van der Waals surface area contributed by atoms with E-state index in [4.69, 9.17) is 11.6 Å². The van der Waals surface area contributed by atoms with Crippen molar-refractivity contribution in [3.05, 3.63) is 35.0 Å². The van der Waals surface area contributed by atoms with Crippen LogP contribution in [0.5, 0.6) is 0 Å². The molecule has 0 aliphatic carbocycles. The maximum atomic E-state index is 12.5. The fourth-order valence-corrected chi connectivity index (χ4v) is 1.37. The first kappa shape index (κ1) is 11.8. The van der Waals surface area contributed by atoms with Crippen LogP contribution in [0.4, 0.5) is 13.2 Å². The van der Waals surface area contributed by atoms with Crippen molar-refractivity contribution in [1.29, 1.82) is 0 Å². The average Bonchev–Trinajstić information content (AvgIpc) is 2.62. The molecule has 0 spiro atoms. The minimum absolute atomic E-state index is 0.0228. The highest BCUT2D eigenvalue weighted by atomic mass is 35.5. The van der Waals surface area contributed by atoms with Gasteiger partial charge in [-0.3, -0.25) is 0 Å². The summed E-state index contributed by atoms with van der Waals surface area (Å²) in [6, 6.07) is 2.85. The van der Waals surface area contributed by atoms with Crippen molar-refractivity contribution in [3.63, 3.8) is 0 Å². The molecule has 0 bridgehead atoms. The SMILES string of the molecule is Cc1ccn(-c2cc(Cl)nc(C(F)(F)F)n2)n1. The fourth-order valence-electron chi connectivity index (χ4n) is 1.19. The third kappa shape index (κ3) is 2.55. The summed E-state index contributed by atoms with van der Waals surface area (Å²) in [6.45, 7) is 1.71. The summed E-state index contributed by atoms with van der Waals surface area (Å²) in [4.78, 5) is 6.49. The molecule has 4 nitrogen and oxygen atoms in total. The molecule has 2 aromatic rings. The summed E-state index contributed by atoms with van der Waals surface area (Å²) in [5, 5.41) is 3.66. The van der Waals surface area contributed by atoms with Crippen molar-refractivity contribution in [2.75, 3.05) is 0 Å². The van der Waals surface area contributed by atoms with Crippen molar-refractivity contribution in [3.8, 4) is 5.82 Å². The van der Waals surface area contributed by atoms with Crippen molar-refractivity contribution >= 4 is 11.6 Å². The lowest BCUT2D eigenvalue weighted by Gasteiger charge is -2.07. The van der Waals surface area contributed by atoms with Gasteiger partial charge in [0.25, 0.3) is 0 Å². The second-order valence-corrected chi connectivity index (χ2v) is 3.66. The molecule has 2 aromatic heterocycles. The van der Waals surface area contributed by atoms with Crippen LogP contribution >= 0.6 is 11.6 Å². The molecule has 0 aromatic carbocycles. The topological polar surface area (TPSA) is 43.6 Å². The van der Waals surface area contributed by atoms with Crippen LogP contribution in [0, 0.1) is 6.92 Å². The van der Waals surface area contributed by atoms with E-state index in [1.165, 1.54) is 16.9 Å². The summed E-state index contributed by atoms with van der Waals surface area (Å²) >= 11 is 5.52. The zero-order chi connectivity index (χ0) is 12.6. The molecule has 17 heavy (non-hydrogen) atoms. The van der Waals surface area contributed by atoms with Crippen molar-refractivity contribution in [2.45, 2.75) is 13.1 Å². The van der Waals surface area contributed by atoms with Gasteiger partial charge >= 0.3 is 6.18 Å². The molecule has 2 rings (SSSR count). The molecule has 2 heterocycles. The number of hydrogen-bond acceptors (Lipinski definition) is 3. The monoisotopic (exact) mass is 262 g/mol. The Morgan fingerprint density at radius 1 is 1.29 bits per heavy atom. The molecule has 0 unspecified atom stereocenters. The third-order valence-electron chi connectivity index (χ3n) is 1.89. The average molecular weight is 263 g/mol. The summed E-state index contributed by atoms with van der Waals surface area (Å²) in [5.41, 5.74) is 0.660. The number of alkyl halides is 3. The molecule has 0 N–H and O–H groups in total. The van der Waals surface area contributed by atoms with Crippen LogP contribution in [0.2, 0.25) is 5.15 Å². The van der Waals surface area contributed by atoms with Crippen LogP contribution in [0.3, 0.4) is 0 Å². The van der Waals surface area contributed by atoms with E-state index in [1.807, 2.05) is 0 Å². The van der Waals surface area contributed by atoms with Gasteiger partial charge in [-0.15, -0.1) is 0 Å². The van der Waals surface area contributed by atoms with Gasteiger partial charge < -0.3 is 0 Å². The van der Waals surface area contributed by atoms with E-state index < -0.39 is 12.0 Å². The van der Waals surface area contributed by atoms with E-state index in [2.05, 4.69) is 15.1 Å². The Kier molecular flexibility index (Phi) is 2.78. The van der Waals surface area contributed by atoms with Crippen LogP contribution in [0.25, 0.3) is 5.82 Å². The highest BCUT2D eigenvalue weighted by molar-refractivity contribution is 6.29. The van der Waals surface area contributed by atoms with Gasteiger partial charge in [0.1, 0.15) is 5.15 Å². The number of rotatable bonds is 1. The number of hydrogen-bond donors (Lipinski definition) is 0. The van der Waals surface area contributed by atoms with E-state index in [0.717, 1.165) is 0 Å². The first-order valence-electron chi connectivity index (χ1n) is 4.51. The van der Waals surface area contributed by atoms with Gasteiger partial charge in [-0.1, -0.05) is 11.6 Å². The highest BCUT2D eigenvalue weighted by Gasteiger charge is 2.35. The molecule has 0 radical (unpaired) electrons. The Hall–Kier alpha value is -1.63. The van der Waals surface area contributed by atoms with E-state index in [0.29, 0.717) is 5.69 Å². The third-order valence-corrected chi connectivity index (χ3v) is 2.09. The summed E-state index contributed by atoms with van der Waals surface area (Å²) in [6.07, 6.45) is -3.14. The standard InChI is InChI=1S/C9H6ClF3N4/c1-5-2-3-17(16-5)7-4-6(10)14-8(15-7)9(11,12)13/h2-4H,1H3. The number of aromatic nitrogens is 4. The lowest BCUT2D eigenvalue weighted by atomic mass is 10.5. The Morgan fingerprint density at radius 2 is 2.00 bits per heavy atom. The van der Waals surface area contributed by atoms with Gasteiger partial charge in [0.05, 0.1) is 5.69 Å². The van der Waals surface area contributed by atoms with Gasteiger partial charge in [0, 0.05) is 12.3 Å². The van der Waals surface area contributed by atoms with Crippen LogP contribution in [-0.4, -0.2) is 19.7 Å². The Labute approximate surface area is 99.1 Å². The molecule has 0 amide bonds. The predicted octanol–water partition coefficient (Wildman–Crippen LogP) is 2.64. The maximum Gasteiger partial charge on any atom is 0.451 e. The molecule has 90 valence electrons. The largest absolute Gasteiger partial charge is 0.451 e. The van der Waals surface area contributed by atoms with Gasteiger partial charge in [0.15, 0.2) is 5.82 Å². The van der Waals surface area contributed by atoms with Crippen molar-refractivity contribution < 1.29 is 13.2 Å². The minimum Gasteiger partial charge on any atom is -0.222 e. The summed E-state index contributed by atoms with van der Waals surface area (Å²) in [5.74, 6) is -1.31. The van der Waals surface area contributed by atoms with E-state index in [1.54, 1.807) is 13.0 Å². The Balaban J connectivity index is 2.52. The van der Waals surface area contributed by atoms with Crippen molar-refractivity contribution in [1.82, 2.24) is 19.7 Å². The summed E-state index contributed by atoms with van der Waals surface area (Å²) < 4.78 is 38.6. The second-order valence-electron chi connectivity index (χ2n) is 3.27. The normalized spacial score (nSPS) is 11.8. The molecule has 0 aliphatic heterocycles. The van der Waals surface area contributed by atoms with Gasteiger partial charge in [-0.25, -0.2) is 14.6 Å². The van der Waals surface area contributed by atoms with Crippen LogP contribution in [0.1, 0.15) is 11.5 Å². The van der Waals surface area contributed by atoms with Gasteiger partial charge in [-0.2, -0.15) is 18.3 Å². The Bertz CT molecular complexity index is 549. The number of halogens is 4. The highest BCUT2D eigenvalue weighted by Crippen LogP contribution is 2.27. The predicted molar refractivity (Wildman–Crippen MR) is 53.9 cm³/mol. The second kappa shape index (κ2) is 3.99. The zero-order valence-corrected chi connectivity index (χ0v) is 9.29. The quantitative estimate of drug-likeness (QED) is 0.742. The maximum absolute atomic E-state index is 12.5. The van der Waals surface area contributed by atoms with E-state index >= 15 is 0 Å². The van der Waals surface area contributed by atoms with Crippen LogP contribution in [-0.2, 0) is 6.18 Å². The zero-order valence-electron chi connectivity index (χ0n) is 8.53. The van der Waals surface area contributed by atoms with Crippen LogP contribution < -0.4 is 0 Å². The van der Waals surface area contributed by atoms with Crippen LogP contribution in [0.15, 0.2) is 18.3 Å². The fraction of sp³-hybridized carbons (Fsp3) is 0.222. The minimum atomic E-state index is -4.64. The smallest absolute Gasteiger partial charge is 0.222 e. The number of aryl methyl sites for hydroxylation is 1. The molecule has 0 aliphatic rings. The molecular formula is C9H6ClF3N4. The molecular weight excluding hydrogens is 257 g/mol. The first-order valence-corrected chi connectivity index (χ1v) is 4.88.